The van der Waals surface area contributed by atoms with Gasteiger partial charge in [-0.15, -0.1) is 0 Å². The van der Waals surface area contributed by atoms with Crippen molar-refractivity contribution in [3.05, 3.63) is 74.5 Å². The van der Waals surface area contributed by atoms with Gasteiger partial charge in [0.1, 0.15) is 17.7 Å². The fourth-order valence-corrected chi connectivity index (χ4v) is 7.97. The molecule has 2 unspecified atom stereocenters. The van der Waals surface area contributed by atoms with Gasteiger partial charge < -0.3 is 19.9 Å². The number of carbonyl (C=O) groups excluding carboxylic acids is 1. The minimum absolute atomic E-state index is 0.0709. The molecule has 0 spiro atoms. The average Bonchev–Trinajstić information content (AvgIpc) is 3.68. The maximum atomic E-state index is 13.8. The number of hydrogen-bond donors (Lipinski definition) is 2. The normalized spacial score (nSPS) is 21.0. The maximum absolute atomic E-state index is 13.8. The summed E-state index contributed by atoms with van der Waals surface area (Å²) in [6.45, 7) is 3.46. The van der Waals surface area contributed by atoms with Crippen molar-refractivity contribution < 1.29 is 27.1 Å². The summed E-state index contributed by atoms with van der Waals surface area (Å²) < 4.78 is 51.0. The summed E-state index contributed by atoms with van der Waals surface area (Å²) in [5.41, 5.74) is 3.74. The molecule has 2 N–H and O–H groups in total. The molecule has 0 saturated carbocycles. The summed E-state index contributed by atoms with van der Waals surface area (Å²) in [7, 11) is -3.21. The number of fused-ring (bicyclic) bond motifs is 1. The van der Waals surface area contributed by atoms with E-state index in [2.05, 4.69) is 33.2 Å². The number of aromatic amines is 1. The number of sulfone groups is 1. The molecule has 0 aliphatic carbocycles. The number of likely N-dealkylation sites (tertiary alicyclic amines) is 2. The monoisotopic (exact) mass is 750 g/mol. The number of amides is 1. The maximum Gasteiger partial charge on any atom is 0.246 e. The molecule has 12 heteroatoms. The van der Waals surface area contributed by atoms with Crippen molar-refractivity contribution in [1.82, 2.24) is 14.8 Å². The number of aromatic nitrogens is 1. The smallest absolute Gasteiger partial charge is 0.246 e. The van der Waals surface area contributed by atoms with Crippen LogP contribution in [0, 0.1) is 21.1 Å². The Morgan fingerprint density at radius 1 is 1.11 bits per heavy atom. The highest BCUT2D eigenvalue weighted by atomic mass is 127. The van der Waals surface area contributed by atoms with Crippen molar-refractivity contribution in [3.63, 3.8) is 0 Å². The predicted molar refractivity (Wildman–Crippen MR) is 180 cm³/mol. The number of halogens is 3. The van der Waals surface area contributed by atoms with Crippen molar-refractivity contribution in [2.24, 2.45) is 10.9 Å². The van der Waals surface area contributed by atoms with Crippen LogP contribution < -0.4 is 0 Å². The quantitative estimate of drug-likeness (QED) is 0.194. The third-order valence-electron chi connectivity index (χ3n) is 9.38. The lowest BCUT2D eigenvalue weighted by Gasteiger charge is -2.37. The molecule has 1 aromatic heterocycles. The molecule has 3 aliphatic rings. The SMILES string of the molecule is CS(=O)(=O)C1=NC1Cc1ccc2[nH]cc(C3CCN(CC(O)C4CCN(C(=O)/C=C/c5cc(F)c(I)c(F)c5)CC4)CC3)c2c1. The van der Waals surface area contributed by atoms with Gasteiger partial charge in [-0.1, -0.05) is 6.07 Å². The van der Waals surface area contributed by atoms with E-state index in [1.165, 1.54) is 41.5 Å². The van der Waals surface area contributed by atoms with Crippen LogP contribution >= 0.6 is 22.6 Å². The molecule has 2 aromatic carbocycles. The Morgan fingerprint density at radius 3 is 2.44 bits per heavy atom. The number of nitrogens with zero attached hydrogens (tertiary/aromatic N) is 3. The zero-order chi connectivity index (χ0) is 31.9. The van der Waals surface area contributed by atoms with E-state index in [1.807, 2.05) is 6.07 Å². The summed E-state index contributed by atoms with van der Waals surface area (Å²) in [5.74, 6) is -0.988. The van der Waals surface area contributed by atoms with Crippen LogP contribution in [-0.4, -0.2) is 90.4 Å². The molecule has 2 saturated heterocycles. The average molecular weight is 751 g/mol. The molecule has 2 atom stereocenters. The molecule has 3 aromatic rings. The molecule has 0 radical (unpaired) electrons. The first kappa shape index (κ1) is 32.3. The highest BCUT2D eigenvalue weighted by Gasteiger charge is 2.36. The molecular weight excluding hydrogens is 713 g/mol. The zero-order valence-electron chi connectivity index (χ0n) is 25.1. The zero-order valence-corrected chi connectivity index (χ0v) is 28.0. The van der Waals surface area contributed by atoms with E-state index in [9.17, 15) is 27.1 Å². The molecule has 3 aliphatic heterocycles. The number of aliphatic hydroxyl groups is 1. The van der Waals surface area contributed by atoms with Crippen LogP contribution in [-0.2, 0) is 21.1 Å². The Bertz CT molecular complexity index is 1740. The van der Waals surface area contributed by atoms with Gasteiger partial charge in [-0.3, -0.25) is 9.79 Å². The Kier molecular flexibility index (Phi) is 9.47. The Balaban J connectivity index is 0.965. The Morgan fingerprint density at radius 2 is 1.80 bits per heavy atom. The topological polar surface area (TPSA) is 106 Å². The van der Waals surface area contributed by atoms with E-state index in [0.29, 0.717) is 55.4 Å². The van der Waals surface area contributed by atoms with Gasteiger partial charge in [-0.25, -0.2) is 17.2 Å². The number of aliphatic imine (C=N–C) groups is 1. The van der Waals surface area contributed by atoms with Crippen molar-refractivity contribution in [2.75, 3.05) is 39.0 Å². The largest absolute Gasteiger partial charge is 0.392 e. The summed E-state index contributed by atoms with van der Waals surface area (Å²) in [6, 6.07) is 8.45. The molecule has 240 valence electrons. The molecule has 0 bridgehead atoms. The number of benzene rings is 2. The van der Waals surface area contributed by atoms with Gasteiger partial charge in [-0.05, 0) is 120 Å². The standard InChI is InChI=1S/C33H37F2IN4O4S/c1-45(43,44)33-29(38-33)17-20-2-4-28-24(14-20)25(18-37-28)22-6-10-39(11-7-22)19-30(41)23-8-12-40(13-9-23)31(42)5-3-21-15-26(34)32(36)27(35)16-21/h2-5,14-16,18,22-23,29-30,37,41H,6-13,17,19H2,1H3/b5-3+. The summed E-state index contributed by atoms with van der Waals surface area (Å²) in [6.07, 6.45) is 9.61. The van der Waals surface area contributed by atoms with E-state index < -0.39 is 27.6 Å². The van der Waals surface area contributed by atoms with Crippen molar-refractivity contribution in [2.45, 2.75) is 50.2 Å². The highest BCUT2D eigenvalue weighted by molar-refractivity contribution is 14.1. The van der Waals surface area contributed by atoms with E-state index in [-0.39, 0.29) is 21.4 Å². The van der Waals surface area contributed by atoms with Gasteiger partial charge in [0.05, 0.1) is 9.67 Å². The van der Waals surface area contributed by atoms with Gasteiger partial charge in [0.2, 0.25) is 5.91 Å². The predicted octanol–water partition coefficient (Wildman–Crippen LogP) is 4.91. The number of hydrogen-bond acceptors (Lipinski definition) is 6. The van der Waals surface area contributed by atoms with Gasteiger partial charge in [-0.2, -0.15) is 0 Å². The van der Waals surface area contributed by atoms with Gasteiger partial charge >= 0.3 is 0 Å². The van der Waals surface area contributed by atoms with Crippen LogP contribution in [0.4, 0.5) is 8.78 Å². The third-order valence-corrected chi connectivity index (χ3v) is 11.5. The first-order valence-electron chi connectivity index (χ1n) is 15.4. The second-order valence-corrected chi connectivity index (χ2v) is 15.6. The lowest BCUT2D eigenvalue weighted by atomic mass is 9.87. The lowest BCUT2D eigenvalue weighted by Crippen LogP contribution is -2.45. The number of piperidine rings is 2. The van der Waals surface area contributed by atoms with Gasteiger partial charge in [0.25, 0.3) is 0 Å². The summed E-state index contributed by atoms with van der Waals surface area (Å²) >= 11 is 1.61. The van der Waals surface area contributed by atoms with Crippen molar-refractivity contribution >= 4 is 60.4 Å². The molecular formula is C33H37F2IN4O4S. The van der Waals surface area contributed by atoms with Crippen LogP contribution in [0.25, 0.3) is 17.0 Å². The second-order valence-electron chi connectivity index (χ2n) is 12.5. The molecule has 8 nitrogen and oxygen atoms in total. The number of H-pyrrole nitrogens is 1. The van der Waals surface area contributed by atoms with Gasteiger partial charge in [0.15, 0.2) is 14.9 Å². The molecule has 1 amide bonds. The van der Waals surface area contributed by atoms with Crippen LogP contribution in [0.2, 0.25) is 0 Å². The fourth-order valence-electron chi connectivity index (χ4n) is 6.76. The molecule has 2 fully saturated rings. The van der Waals surface area contributed by atoms with Crippen LogP contribution in [0.3, 0.4) is 0 Å². The number of aliphatic hydroxyl groups excluding tert-OH is 1. The number of nitrogens with one attached hydrogen (secondary N) is 1. The first-order chi connectivity index (χ1) is 21.5. The summed E-state index contributed by atoms with van der Waals surface area (Å²) in [5, 5.41) is 12.5. The first-order valence-corrected chi connectivity index (χ1v) is 18.3. The number of rotatable bonds is 8. The minimum atomic E-state index is -3.21. The highest BCUT2D eigenvalue weighted by Crippen LogP contribution is 2.35. The van der Waals surface area contributed by atoms with E-state index >= 15 is 0 Å². The van der Waals surface area contributed by atoms with Crippen LogP contribution in [0.5, 0.6) is 0 Å². The number of β-amino-alcohol motifs (C(OH)–C–C–N with tert-alkyl or cyclic N) is 1. The molecule has 45 heavy (non-hydrogen) atoms. The van der Waals surface area contributed by atoms with Crippen LogP contribution in [0.15, 0.2) is 47.6 Å². The minimum Gasteiger partial charge on any atom is -0.392 e. The second kappa shape index (κ2) is 13.2. The van der Waals surface area contributed by atoms with Crippen molar-refractivity contribution in [1.29, 1.82) is 0 Å². The van der Waals surface area contributed by atoms with Gasteiger partial charge in [0, 0.05) is 55.5 Å². The fraction of sp³-hybridized carbons (Fsp3) is 0.455. The van der Waals surface area contributed by atoms with E-state index in [0.717, 1.165) is 37.0 Å². The van der Waals surface area contributed by atoms with E-state index in [1.54, 1.807) is 27.5 Å². The third kappa shape index (κ3) is 7.50. The van der Waals surface area contributed by atoms with Crippen molar-refractivity contribution in [3.8, 4) is 0 Å². The lowest BCUT2D eigenvalue weighted by molar-refractivity contribution is -0.128. The van der Waals surface area contributed by atoms with E-state index in [4.69, 9.17) is 0 Å². The Labute approximate surface area is 275 Å². The summed E-state index contributed by atoms with van der Waals surface area (Å²) in [4.78, 5) is 24.3. The molecule has 4 heterocycles. The molecule has 6 rings (SSSR count). The Hall–Kier alpha value is -2.68. The number of carbonyl (C=O) groups is 1. The van der Waals surface area contributed by atoms with Crippen LogP contribution in [0.1, 0.15) is 48.3 Å².